The molecule has 0 aliphatic heterocycles. The summed E-state index contributed by atoms with van der Waals surface area (Å²) in [6.07, 6.45) is 1.83. The minimum Gasteiger partial charge on any atom is -0.491 e. The van der Waals surface area contributed by atoms with Crippen molar-refractivity contribution in [2.24, 2.45) is 0 Å². The molecule has 24 heavy (non-hydrogen) atoms. The van der Waals surface area contributed by atoms with E-state index in [0.717, 1.165) is 22.0 Å². The summed E-state index contributed by atoms with van der Waals surface area (Å²) < 4.78 is 5.80. The Morgan fingerprint density at radius 2 is 1.96 bits per heavy atom. The van der Waals surface area contributed by atoms with Gasteiger partial charge in [-0.3, -0.25) is 4.79 Å². The zero-order valence-electron chi connectivity index (χ0n) is 14.1. The molecule has 0 radical (unpaired) electrons. The molecule has 4 heteroatoms. The predicted octanol–water partition coefficient (Wildman–Crippen LogP) is 4.47. The van der Waals surface area contributed by atoms with Gasteiger partial charge in [0, 0.05) is 10.6 Å². The molecule has 0 aliphatic carbocycles. The molecule has 1 N–H and O–H groups in total. The van der Waals surface area contributed by atoms with Crippen LogP contribution in [0, 0.1) is 6.92 Å². The summed E-state index contributed by atoms with van der Waals surface area (Å²) in [5, 5.41) is 3.00. The van der Waals surface area contributed by atoms with Gasteiger partial charge in [0.2, 0.25) is 0 Å². The number of thioether (sulfide) groups is 1. The molecule has 0 saturated carbocycles. The van der Waals surface area contributed by atoms with Gasteiger partial charge in [-0.2, -0.15) is 0 Å². The van der Waals surface area contributed by atoms with Crippen LogP contribution in [0.15, 0.2) is 66.1 Å². The van der Waals surface area contributed by atoms with E-state index in [1.165, 1.54) is 0 Å². The van der Waals surface area contributed by atoms with E-state index in [0.29, 0.717) is 12.2 Å². The molecule has 0 saturated heterocycles. The highest BCUT2D eigenvalue weighted by Crippen LogP contribution is 2.22. The normalized spacial score (nSPS) is 11.6. The SMILES string of the molecule is C=CCSc1ccccc1C(=O)N[C@H](C)COc1ccccc1C. The van der Waals surface area contributed by atoms with Gasteiger partial charge < -0.3 is 10.1 Å². The van der Waals surface area contributed by atoms with E-state index in [1.807, 2.05) is 68.5 Å². The smallest absolute Gasteiger partial charge is 0.252 e. The first-order valence-electron chi connectivity index (χ1n) is 7.94. The first-order chi connectivity index (χ1) is 11.6. The molecule has 0 fully saturated rings. The van der Waals surface area contributed by atoms with E-state index in [4.69, 9.17) is 4.74 Å². The van der Waals surface area contributed by atoms with Crippen molar-refractivity contribution in [2.45, 2.75) is 24.8 Å². The van der Waals surface area contributed by atoms with Crippen molar-refractivity contribution in [3.63, 3.8) is 0 Å². The molecule has 0 aliphatic rings. The van der Waals surface area contributed by atoms with Crippen molar-refractivity contribution in [3.8, 4) is 5.75 Å². The molecule has 0 heterocycles. The summed E-state index contributed by atoms with van der Waals surface area (Å²) in [5.74, 6) is 1.54. The van der Waals surface area contributed by atoms with Gasteiger partial charge in [-0.1, -0.05) is 36.4 Å². The molecule has 126 valence electrons. The molecule has 1 amide bonds. The summed E-state index contributed by atoms with van der Waals surface area (Å²) in [7, 11) is 0. The lowest BCUT2D eigenvalue weighted by atomic mass is 10.2. The van der Waals surface area contributed by atoms with Crippen LogP contribution in [0.3, 0.4) is 0 Å². The first kappa shape index (κ1) is 18.1. The second kappa shape index (κ2) is 9.18. The van der Waals surface area contributed by atoms with E-state index in [9.17, 15) is 4.79 Å². The highest BCUT2D eigenvalue weighted by atomic mass is 32.2. The summed E-state index contributed by atoms with van der Waals surface area (Å²) in [5.41, 5.74) is 1.77. The third-order valence-corrected chi connectivity index (χ3v) is 4.52. The van der Waals surface area contributed by atoms with Crippen molar-refractivity contribution in [3.05, 3.63) is 72.3 Å². The number of hydrogen-bond donors (Lipinski definition) is 1. The Morgan fingerprint density at radius 1 is 1.25 bits per heavy atom. The monoisotopic (exact) mass is 341 g/mol. The topological polar surface area (TPSA) is 38.3 Å². The van der Waals surface area contributed by atoms with Crippen molar-refractivity contribution >= 4 is 17.7 Å². The number of hydrogen-bond acceptors (Lipinski definition) is 3. The Kier molecular flexibility index (Phi) is 6.94. The maximum absolute atomic E-state index is 12.5. The van der Waals surface area contributed by atoms with Crippen LogP contribution >= 0.6 is 11.8 Å². The third kappa shape index (κ3) is 5.17. The number of aryl methyl sites for hydroxylation is 1. The van der Waals surface area contributed by atoms with E-state index >= 15 is 0 Å². The molecular formula is C20H23NO2S. The van der Waals surface area contributed by atoms with E-state index in [-0.39, 0.29) is 11.9 Å². The Bertz CT molecular complexity index is 700. The number of para-hydroxylation sites is 1. The van der Waals surface area contributed by atoms with Gasteiger partial charge in [-0.25, -0.2) is 0 Å². The number of amides is 1. The van der Waals surface area contributed by atoms with Gasteiger partial charge in [0.25, 0.3) is 5.91 Å². The molecule has 0 bridgehead atoms. The molecular weight excluding hydrogens is 318 g/mol. The van der Waals surface area contributed by atoms with Gasteiger partial charge in [-0.15, -0.1) is 18.3 Å². The number of ether oxygens (including phenoxy) is 1. The molecule has 2 aromatic carbocycles. The molecule has 0 aromatic heterocycles. The van der Waals surface area contributed by atoms with Crippen LogP contribution in [0.1, 0.15) is 22.8 Å². The van der Waals surface area contributed by atoms with Crippen LogP contribution in [-0.2, 0) is 0 Å². The lowest BCUT2D eigenvalue weighted by molar-refractivity contribution is 0.0923. The number of carbonyl (C=O) groups is 1. The maximum atomic E-state index is 12.5. The quantitative estimate of drug-likeness (QED) is 0.569. The largest absolute Gasteiger partial charge is 0.491 e. The van der Waals surface area contributed by atoms with Gasteiger partial charge in [0.05, 0.1) is 11.6 Å². The van der Waals surface area contributed by atoms with Gasteiger partial charge in [0.1, 0.15) is 12.4 Å². The Labute approximate surface area is 148 Å². The van der Waals surface area contributed by atoms with Crippen LogP contribution in [-0.4, -0.2) is 24.3 Å². The van der Waals surface area contributed by atoms with Crippen molar-refractivity contribution in [1.29, 1.82) is 0 Å². The highest BCUT2D eigenvalue weighted by molar-refractivity contribution is 7.99. The average molecular weight is 341 g/mol. The number of nitrogens with one attached hydrogen (secondary N) is 1. The van der Waals surface area contributed by atoms with Gasteiger partial charge in [0.15, 0.2) is 0 Å². The fourth-order valence-corrected chi connectivity index (χ4v) is 2.99. The second-order valence-electron chi connectivity index (χ2n) is 5.55. The van der Waals surface area contributed by atoms with Crippen molar-refractivity contribution < 1.29 is 9.53 Å². The minimum atomic E-state index is -0.0884. The van der Waals surface area contributed by atoms with Gasteiger partial charge >= 0.3 is 0 Å². The number of benzene rings is 2. The second-order valence-corrected chi connectivity index (χ2v) is 6.61. The Hall–Kier alpha value is -2.20. The van der Waals surface area contributed by atoms with E-state index in [2.05, 4.69) is 11.9 Å². The fourth-order valence-electron chi connectivity index (χ4n) is 2.21. The van der Waals surface area contributed by atoms with E-state index < -0.39 is 0 Å². The standard InChI is InChI=1S/C20H23NO2S/c1-4-13-24-19-12-8-6-10-17(19)20(22)21-16(3)14-23-18-11-7-5-9-15(18)2/h4-12,16H,1,13-14H2,2-3H3,(H,21,22)/t16-/m1/s1. The summed E-state index contributed by atoms with van der Waals surface area (Å²) in [6.45, 7) is 8.10. The third-order valence-electron chi connectivity index (χ3n) is 3.45. The molecule has 0 spiro atoms. The molecule has 2 aromatic rings. The summed E-state index contributed by atoms with van der Waals surface area (Å²) in [4.78, 5) is 13.5. The number of rotatable bonds is 8. The molecule has 0 unspecified atom stereocenters. The van der Waals surface area contributed by atoms with Crippen molar-refractivity contribution in [1.82, 2.24) is 5.32 Å². The molecule has 2 rings (SSSR count). The first-order valence-corrected chi connectivity index (χ1v) is 8.92. The lowest BCUT2D eigenvalue weighted by Gasteiger charge is -2.17. The number of carbonyl (C=O) groups excluding carboxylic acids is 1. The van der Waals surface area contributed by atoms with Crippen LogP contribution < -0.4 is 10.1 Å². The zero-order chi connectivity index (χ0) is 17.4. The van der Waals surface area contributed by atoms with Crippen LogP contribution in [0.5, 0.6) is 5.75 Å². The minimum absolute atomic E-state index is 0.0805. The summed E-state index contributed by atoms with van der Waals surface area (Å²) >= 11 is 1.60. The fraction of sp³-hybridized carbons (Fsp3) is 0.250. The summed E-state index contributed by atoms with van der Waals surface area (Å²) in [6, 6.07) is 15.4. The Morgan fingerprint density at radius 3 is 2.71 bits per heavy atom. The lowest BCUT2D eigenvalue weighted by Crippen LogP contribution is -2.37. The Balaban J connectivity index is 1.94. The zero-order valence-corrected chi connectivity index (χ0v) is 14.9. The van der Waals surface area contributed by atoms with Crippen LogP contribution in [0.2, 0.25) is 0 Å². The van der Waals surface area contributed by atoms with Crippen molar-refractivity contribution in [2.75, 3.05) is 12.4 Å². The van der Waals surface area contributed by atoms with E-state index in [1.54, 1.807) is 11.8 Å². The predicted molar refractivity (Wildman–Crippen MR) is 101 cm³/mol. The van der Waals surface area contributed by atoms with Gasteiger partial charge in [-0.05, 0) is 37.6 Å². The highest BCUT2D eigenvalue weighted by Gasteiger charge is 2.14. The van der Waals surface area contributed by atoms with Crippen LogP contribution in [0.25, 0.3) is 0 Å². The molecule has 3 nitrogen and oxygen atoms in total. The average Bonchev–Trinajstić information content (AvgIpc) is 2.59. The van der Waals surface area contributed by atoms with Crippen LogP contribution in [0.4, 0.5) is 0 Å². The maximum Gasteiger partial charge on any atom is 0.252 e. The molecule has 1 atom stereocenters.